The van der Waals surface area contributed by atoms with Crippen LogP contribution in [0.1, 0.15) is 29.0 Å². The molecule has 1 aliphatic carbocycles. The van der Waals surface area contributed by atoms with Crippen LogP contribution in [0, 0.1) is 6.92 Å². The van der Waals surface area contributed by atoms with Crippen molar-refractivity contribution in [1.29, 1.82) is 0 Å². The van der Waals surface area contributed by atoms with Crippen molar-refractivity contribution in [2.24, 2.45) is 0 Å². The summed E-state index contributed by atoms with van der Waals surface area (Å²) in [6.45, 7) is 1.81. The molecule has 0 unspecified atom stereocenters. The van der Waals surface area contributed by atoms with Crippen molar-refractivity contribution in [2.45, 2.75) is 25.8 Å². The summed E-state index contributed by atoms with van der Waals surface area (Å²) in [5.74, 6) is 0.000647. The zero-order valence-electron chi connectivity index (χ0n) is 12.2. The molecule has 114 valence electrons. The maximum Gasteiger partial charge on any atom is 0.319 e. The zero-order chi connectivity index (χ0) is 15.5. The molecule has 0 bridgehead atoms. The topological polar surface area (TPSA) is 83.4 Å². The average Bonchev–Trinajstić information content (AvgIpc) is 3.19. The van der Waals surface area contributed by atoms with Gasteiger partial charge in [-0.2, -0.15) is 0 Å². The van der Waals surface area contributed by atoms with Gasteiger partial charge in [-0.05, 0) is 50.1 Å². The smallest absolute Gasteiger partial charge is 0.319 e. The number of urea groups is 1. The molecule has 6 nitrogen and oxygen atoms in total. The Bertz CT molecular complexity index is 687. The molecule has 3 N–H and O–H groups in total. The molecule has 0 saturated heterocycles. The number of aryl methyl sites for hydroxylation is 1. The van der Waals surface area contributed by atoms with E-state index in [1.165, 1.54) is 6.26 Å². The lowest BCUT2D eigenvalue weighted by Crippen LogP contribution is -2.30. The second-order valence-electron chi connectivity index (χ2n) is 5.34. The molecular weight excluding hydrogens is 282 g/mol. The maximum absolute atomic E-state index is 12.0. The lowest BCUT2D eigenvalue weighted by atomic mass is 10.2. The molecule has 22 heavy (non-hydrogen) atoms. The van der Waals surface area contributed by atoms with Gasteiger partial charge in [0, 0.05) is 23.0 Å². The van der Waals surface area contributed by atoms with Crippen LogP contribution in [0.3, 0.4) is 0 Å². The number of carbonyl (C=O) groups excluding carboxylic acids is 2. The predicted molar refractivity (Wildman–Crippen MR) is 83.0 cm³/mol. The molecule has 1 heterocycles. The number of benzene rings is 1. The van der Waals surface area contributed by atoms with Gasteiger partial charge in [0.2, 0.25) is 0 Å². The summed E-state index contributed by atoms with van der Waals surface area (Å²) < 4.78 is 5.14. The Morgan fingerprint density at radius 2 is 1.68 bits per heavy atom. The average molecular weight is 299 g/mol. The monoisotopic (exact) mass is 299 g/mol. The van der Waals surface area contributed by atoms with Gasteiger partial charge in [-0.3, -0.25) is 4.79 Å². The second-order valence-corrected chi connectivity index (χ2v) is 5.34. The first-order valence-corrected chi connectivity index (χ1v) is 7.15. The molecule has 0 spiro atoms. The van der Waals surface area contributed by atoms with Crippen LogP contribution in [0.2, 0.25) is 0 Å². The number of rotatable bonds is 4. The Morgan fingerprint density at radius 3 is 2.23 bits per heavy atom. The fourth-order valence-corrected chi connectivity index (χ4v) is 2.01. The van der Waals surface area contributed by atoms with Gasteiger partial charge < -0.3 is 20.4 Å². The van der Waals surface area contributed by atoms with Crippen LogP contribution in [0.5, 0.6) is 0 Å². The molecule has 1 aliphatic rings. The molecule has 1 fully saturated rings. The van der Waals surface area contributed by atoms with Gasteiger partial charge in [0.05, 0.1) is 6.26 Å². The highest BCUT2D eigenvalue weighted by molar-refractivity contribution is 6.03. The summed E-state index contributed by atoms with van der Waals surface area (Å²) in [7, 11) is 0. The third-order valence-corrected chi connectivity index (χ3v) is 3.38. The normalized spacial score (nSPS) is 13.5. The van der Waals surface area contributed by atoms with E-state index in [4.69, 9.17) is 4.42 Å². The van der Waals surface area contributed by atoms with Gasteiger partial charge in [0.25, 0.3) is 5.91 Å². The van der Waals surface area contributed by atoms with Gasteiger partial charge in [0.1, 0.15) is 0 Å². The summed E-state index contributed by atoms with van der Waals surface area (Å²) in [4.78, 5) is 23.6. The molecule has 6 heteroatoms. The molecule has 0 atom stereocenters. The Hall–Kier alpha value is -2.76. The van der Waals surface area contributed by atoms with Crippen LogP contribution in [-0.4, -0.2) is 18.0 Å². The number of hydrogen-bond donors (Lipinski definition) is 3. The minimum Gasteiger partial charge on any atom is -0.459 e. The van der Waals surface area contributed by atoms with Crippen LogP contribution < -0.4 is 16.0 Å². The van der Waals surface area contributed by atoms with Gasteiger partial charge in [0.15, 0.2) is 5.76 Å². The highest BCUT2D eigenvalue weighted by Gasteiger charge is 2.23. The van der Waals surface area contributed by atoms with Crippen molar-refractivity contribution < 1.29 is 14.0 Å². The largest absolute Gasteiger partial charge is 0.459 e. The number of furan rings is 1. The standard InChI is InChI=1S/C16H17N3O3/c1-10-8-9-22-14(10)15(20)17-11-2-4-12(5-3-11)18-16(21)19-13-6-7-13/h2-5,8-9,13H,6-7H2,1H3,(H,17,20)(H2,18,19,21). The van der Waals surface area contributed by atoms with E-state index < -0.39 is 0 Å². The number of carbonyl (C=O) groups is 2. The first-order chi connectivity index (χ1) is 10.6. The fraction of sp³-hybridized carbons (Fsp3) is 0.250. The molecule has 1 aromatic carbocycles. The van der Waals surface area contributed by atoms with Gasteiger partial charge in [-0.25, -0.2) is 4.79 Å². The van der Waals surface area contributed by atoms with Crippen LogP contribution in [-0.2, 0) is 0 Å². The van der Waals surface area contributed by atoms with Gasteiger partial charge >= 0.3 is 6.03 Å². The van der Waals surface area contributed by atoms with Crippen LogP contribution in [0.15, 0.2) is 41.0 Å². The van der Waals surface area contributed by atoms with Crippen LogP contribution in [0.4, 0.5) is 16.2 Å². The molecule has 3 rings (SSSR count). The SMILES string of the molecule is Cc1ccoc1C(=O)Nc1ccc(NC(=O)NC2CC2)cc1. The summed E-state index contributed by atoms with van der Waals surface area (Å²) in [5.41, 5.74) is 2.09. The van der Waals surface area contributed by atoms with Crippen molar-refractivity contribution in [3.8, 4) is 0 Å². The molecule has 3 amide bonds. The third kappa shape index (κ3) is 3.46. The van der Waals surface area contributed by atoms with Crippen molar-refractivity contribution in [1.82, 2.24) is 5.32 Å². The van der Waals surface area contributed by atoms with Crippen molar-refractivity contribution in [3.05, 3.63) is 47.9 Å². The van der Waals surface area contributed by atoms with Crippen molar-refractivity contribution in [2.75, 3.05) is 10.6 Å². The van der Waals surface area contributed by atoms with Gasteiger partial charge in [-0.15, -0.1) is 0 Å². The van der Waals surface area contributed by atoms with E-state index in [-0.39, 0.29) is 11.9 Å². The molecule has 0 aliphatic heterocycles. The first-order valence-electron chi connectivity index (χ1n) is 7.15. The number of amides is 3. The number of hydrogen-bond acceptors (Lipinski definition) is 3. The van der Waals surface area contributed by atoms with Gasteiger partial charge in [-0.1, -0.05) is 0 Å². The van der Waals surface area contributed by atoms with Crippen LogP contribution >= 0.6 is 0 Å². The molecule has 1 aromatic heterocycles. The highest BCUT2D eigenvalue weighted by atomic mass is 16.3. The van der Waals surface area contributed by atoms with E-state index >= 15 is 0 Å². The van der Waals surface area contributed by atoms with Crippen LogP contribution in [0.25, 0.3) is 0 Å². The summed E-state index contributed by atoms with van der Waals surface area (Å²) in [6, 6.07) is 8.76. The lowest BCUT2D eigenvalue weighted by Gasteiger charge is -2.08. The Balaban J connectivity index is 1.58. The summed E-state index contributed by atoms with van der Waals surface area (Å²) in [5, 5.41) is 8.34. The molecular formula is C16H17N3O3. The van der Waals surface area contributed by atoms with E-state index in [1.807, 2.05) is 6.92 Å². The van der Waals surface area contributed by atoms with E-state index in [0.29, 0.717) is 23.2 Å². The van der Waals surface area contributed by atoms with E-state index in [0.717, 1.165) is 18.4 Å². The quantitative estimate of drug-likeness (QED) is 0.811. The fourth-order valence-electron chi connectivity index (χ4n) is 2.01. The first kappa shape index (κ1) is 14.2. The molecule has 0 radical (unpaired) electrons. The van der Waals surface area contributed by atoms with E-state index in [2.05, 4.69) is 16.0 Å². The summed E-state index contributed by atoms with van der Waals surface area (Å²) >= 11 is 0. The van der Waals surface area contributed by atoms with E-state index in [9.17, 15) is 9.59 Å². The molecule has 2 aromatic rings. The molecule has 1 saturated carbocycles. The Labute approximate surface area is 127 Å². The number of anilines is 2. The third-order valence-electron chi connectivity index (χ3n) is 3.38. The highest BCUT2D eigenvalue weighted by Crippen LogP contribution is 2.19. The zero-order valence-corrected chi connectivity index (χ0v) is 12.2. The van der Waals surface area contributed by atoms with Crippen molar-refractivity contribution >= 4 is 23.3 Å². The van der Waals surface area contributed by atoms with E-state index in [1.54, 1.807) is 30.3 Å². The predicted octanol–water partition coefficient (Wildman–Crippen LogP) is 3.12. The Kier molecular flexibility index (Phi) is 3.82. The maximum atomic E-state index is 12.0. The second kappa shape index (κ2) is 5.93. The minimum absolute atomic E-state index is 0.203. The van der Waals surface area contributed by atoms with Crippen molar-refractivity contribution in [3.63, 3.8) is 0 Å². The number of nitrogens with one attached hydrogen (secondary N) is 3. The summed E-state index contributed by atoms with van der Waals surface area (Å²) in [6.07, 6.45) is 3.57. The Morgan fingerprint density at radius 1 is 1.05 bits per heavy atom. The minimum atomic E-state index is -0.297. The lowest BCUT2D eigenvalue weighted by molar-refractivity contribution is 0.0996.